The summed E-state index contributed by atoms with van der Waals surface area (Å²) in [4.78, 5) is 2.43. The summed E-state index contributed by atoms with van der Waals surface area (Å²) in [6.45, 7) is 0. The van der Waals surface area contributed by atoms with Crippen LogP contribution in [0.4, 0.5) is 17.1 Å². The van der Waals surface area contributed by atoms with Crippen molar-refractivity contribution in [3.63, 3.8) is 0 Å². The van der Waals surface area contributed by atoms with Gasteiger partial charge in [0.05, 0.1) is 16.7 Å². The third-order valence-electron chi connectivity index (χ3n) is 11.0. The largest absolute Gasteiger partial charge is 0.310 e. The lowest BCUT2D eigenvalue weighted by Gasteiger charge is -2.28. The van der Waals surface area contributed by atoms with Gasteiger partial charge in [-0.1, -0.05) is 140 Å². The molecule has 0 radical (unpaired) electrons. The molecular weight excluding hydrogens is 685 g/mol. The molecule has 0 aliphatic heterocycles. The summed E-state index contributed by atoms with van der Waals surface area (Å²) in [5.74, 6) is 0. The van der Waals surface area contributed by atoms with Crippen LogP contribution in [0.5, 0.6) is 0 Å². The van der Waals surface area contributed by atoms with E-state index in [4.69, 9.17) is 0 Å². The van der Waals surface area contributed by atoms with Crippen LogP contribution in [0.1, 0.15) is 0 Å². The van der Waals surface area contributed by atoms with Gasteiger partial charge >= 0.3 is 0 Å². The number of rotatable bonds is 6. The molecule has 0 amide bonds. The molecule has 9 aromatic carbocycles. The zero-order chi connectivity index (χ0) is 36.3. The summed E-state index contributed by atoms with van der Waals surface area (Å²) in [5, 5.41) is 7.68. The Morgan fingerprint density at radius 1 is 0.400 bits per heavy atom. The number of nitrogens with zero attached hydrogens (tertiary/aromatic N) is 2. The smallest absolute Gasteiger partial charge is 0.0542 e. The highest BCUT2D eigenvalue weighted by Crippen LogP contribution is 2.46. The lowest BCUT2D eigenvalue weighted by atomic mass is 9.95. The minimum absolute atomic E-state index is 1.10. The zero-order valence-corrected chi connectivity index (χ0v) is 30.7. The molecule has 0 aliphatic rings. The van der Waals surface area contributed by atoms with E-state index in [1.807, 2.05) is 11.3 Å². The van der Waals surface area contributed by atoms with Crippen molar-refractivity contribution >= 4 is 81.1 Å². The van der Waals surface area contributed by atoms with Crippen molar-refractivity contribution in [3.8, 4) is 27.9 Å². The molecule has 11 rings (SSSR count). The number of fused-ring (bicyclic) bond motifs is 8. The first kappa shape index (κ1) is 31.6. The summed E-state index contributed by atoms with van der Waals surface area (Å²) in [6.07, 6.45) is 0. The molecule has 0 saturated carbocycles. The van der Waals surface area contributed by atoms with Crippen molar-refractivity contribution in [3.05, 3.63) is 206 Å². The van der Waals surface area contributed by atoms with E-state index < -0.39 is 0 Å². The zero-order valence-electron chi connectivity index (χ0n) is 29.9. The normalized spacial score (nSPS) is 11.6. The second-order valence-corrected chi connectivity index (χ2v) is 15.2. The molecule has 3 heteroatoms. The molecule has 0 unspecified atom stereocenters. The maximum atomic E-state index is 2.43. The molecule has 2 aromatic heterocycles. The van der Waals surface area contributed by atoms with E-state index in [0.717, 1.165) is 22.7 Å². The van der Waals surface area contributed by atoms with Gasteiger partial charge in [0.25, 0.3) is 0 Å². The molecule has 0 atom stereocenters. The third kappa shape index (κ3) is 5.16. The number of anilines is 3. The Labute approximate surface area is 323 Å². The number of thiophene rings is 1. The van der Waals surface area contributed by atoms with Crippen LogP contribution in [-0.2, 0) is 0 Å². The Balaban J connectivity index is 1.13. The number of hydrogen-bond acceptors (Lipinski definition) is 2. The maximum absolute atomic E-state index is 2.43. The van der Waals surface area contributed by atoms with Gasteiger partial charge in [-0.2, -0.15) is 0 Å². The average Bonchev–Trinajstić information content (AvgIpc) is 3.81. The quantitative estimate of drug-likeness (QED) is 0.166. The molecule has 55 heavy (non-hydrogen) atoms. The van der Waals surface area contributed by atoms with Crippen molar-refractivity contribution in [2.24, 2.45) is 0 Å². The molecule has 0 fully saturated rings. The van der Waals surface area contributed by atoms with Gasteiger partial charge in [-0.15, -0.1) is 11.3 Å². The van der Waals surface area contributed by atoms with Crippen LogP contribution in [0.15, 0.2) is 206 Å². The SMILES string of the molecule is c1ccc(-c2ccccc2N(c2ccc(-c3cc4ccccc4c4sc5ccccc5c34)cc2)c2ccc3c(c2)c2ccccc2n3-c2ccccc2)cc1. The van der Waals surface area contributed by atoms with E-state index in [-0.39, 0.29) is 0 Å². The van der Waals surface area contributed by atoms with Gasteiger partial charge in [0, 0.05) is 53.6 Å². The minimum Gasteiger partial charge on any atom is -0.310 e. The second-order valence-electron chi connectivity index (χ2n) is 14.1. The molecule has 258 valence electrons. The van der Waals surface area contributed by atoms with Crippen molar-refractivity contribution in [1.29, 1.82) is 0 Å². The van der Waals surface area contributed by atoms with E-state index >= 15 is 0 Å². The first-order valence-electron chi connectivity index (χ1n) is 18.8. The van der Waals surface area contributed by atoms with Crippen LogP contribution >= 0.6 is 11.3 Å². The summed E-state index contributed by atoms with van der Waals surface area (Å²) < 4.78 is 5.04. The molecule has 0 aliphatic carbocycles. The number of benzene rings is 9. The molecule has 0 spiro atoms. The van der Waals surface area contributed by atoms with E-state index in [1.165, 1.54) is 75.0 Å². The fraction of sp³-hybridized carbons (Fsp3) is 0. The summed E-state index contributed by atoms with van der Waals surface area (Å²) in [7, 11) is 0. The van der Waals surface area contributed by atoms with E-state index in [9.17, 15) is 0 Å². The van der Waals surface area contributed by atoms with Gasteiger partial charge in [-0.25, -0.2) is 0 Å². The molecule has 0 bridgehead atoms. The van der Waals surface area contributed by atoms with E-state index in [1.54, 1.807) is 0 Å². The first-order valence-corrected chi connectivity index (χ1v) is 19.6. The monoisotopic (exact) mass is 718 g/mol. The Kier molecular flexibility index (Phi) is 7.39. The van der Waals surface area contributed by atoms with E-state index in [0.29, 0.717) is 0 Å². The number of hydrogen-bond donors (Lipinski definition) is 0. The van der Waals surface area contributed by atoms with Gasteiger partial charge < -0.3 is 9.47 Å². The van der Waals surface area contributed by atoms with Gasteiger partial charge in [0.1, 0.15) is 0 Å². The number of aromatic nitrogens is 1. The van der Waals surface area contributed by atoms with Gasteiger partial charge in [0.15, 0.2) is 0 Å². The summed E-state index contributed by atoms with van der Waals surface area (Å²) in [5.41, 5.74) is 11.7. The topological polar surface area (TPSA) is 8.17 Å². The summed E-state index contributed by atoms with van der Waals surface area (Å²) in [6, 6.07) is 75.1. The standard InChI is InChI=1S/C52H34N2S/c1-3-15-35(16-4-1)41-20-9-12-24-47(41)53(40-31-32-49-46(34-40)43-22-10-13-25-48(43)54(49)38-18-5-2-6-19-38)39-29-27-36(28-30-39)45-33-37-17-7-8-21-42(37)52-51(45)44-23-11-14-26-50(44)55-52/h1-34H. The Hall–Kier alpha value is -6.94. The lowest BCUT2D eigenvalue weighted by Crippen LogP contribution is -2.11. The molecule has 2 nitrogen and oxygen atoms in total. The van der Waals surface area contributed by atoms with Crippen LogP contribution < -0.4 is 4.90 Å². The molecule has 11 aromatic rings. The highest BCUT2D eigenvalue weighted by atomic mass is 32.1. The molecule has 0 saturated heterocycles. The first-order chi connectivity index (χ1) is 27.3. The van der Waals surface area contributed by atoms with Crippen LogP contribution in [0.2, 0.25) is 0 Å². The molecule has 2 heterocycles. The van der Waals surface area contributed by atoms with Crippen molar-refractivity contribution in [2.45, 2.75) is 0 Å². The van der Waals surface area contributed by atoms with Crippen LogP contribution in [-0.4, -0.2) is 4.57 Å². The highest BCUT2D eigenvalue weighted by Gasteiger charge is 2.21. The Bertz CT molecular complexity index is 3190. The van der Waals surface area contributed by atoms with Gasteiger partial charge in [-0.3, -0.25) is 0 Å². The minimum atomic E-state index is 1.10. The Morgan fingerprint density at radius 3 is 1.85 bits per heavy atom. The third-order valence-corrected chi connectivity index (χ3v) is 12.2. The molecule has 0 N–H and O–H groups in total. The predicted molar refractivity (Wildman–Crippen MR) is 237 cm³/mol. The predicted octanol–water partition coefficient (Wildman–Crippen LogP) is 15.1. The lowest BCUT2D eigenvalue weighted by molar-refractivity contribution is 1.18. The van der Waals surface area contributed by atoms with Crippen molar-refractivity contribution in [2.75, 3.05) is 4.90 Å². The van der Waals surface area contributed by atoms with Crippen LogP contribution in [0, 0.1) is 0 Å². The van der Waals surface area contributed by atoms with Crippen LogP contribution in [0.3, 0.4) is 0 Å². The second kappa shape index (κ2) is 12.9. The highest BCUT2D eigenvalue weighted by molar-refractivity contribution is 7.26. The fourth-order valence-electron chi connectivity index (χ4n) is 8.49. The summed E-state index contributed by atoms with van der Waals surface area (Å²) >= 11 is 1.89. The van der Waals surface area contributed by atoms with Gasteiger partial charge in [0.2, 0.25) is 0 Å². The van der Waals surface area contributed by atoms with Crippen LogP contribution in [0.25, 0.3) is 80.7 Å². The maximum Gasteiger partial charge on any atom is 0.0542 e. The Morgan fingerprint density at radius 2 is 1.02 bits per heavy atom. The van der Waals surface area contributed by atoms with Crippen molar-refractivity contribution < 1.29 is 0 Å². The fourth-order valence-corrected chi connectivity index (χ4v) is 9.75. The molecular formula is C52H34N2S. The average molecular weight is 719 g/mol. The van der Waals surface area contributed by atoms with Crippen molar-refractivity contribution in [1.82, 2.24) is 4.57 Å². The van der Waals surface area contributed by atoms with E-state index in [2.05, 4.69) is 216 Å². The number of para-hydroxylation sites is 3. The van der Waals surface area contributed by atoms with Gasteiger partial charge in [-0.05, 0) is 94.2 Å².